The molecule has 0 radical (unpaired) electrons. The molecular weight excluding hydrogens is 346 g/mol. The minimum absolute atomic E-state index is 0.0134. The van der Waals surface area contributed by atoms with E-state index >= 15 is 0 Å². The normalized spacial score (nSPS) is 26.7. The first-order valence-corrected chi connectivity index (χ1v) is 9.77. The maximum Gasteiger partial charge on any atom is 0.420 e. The molecule has 0 bridgehead atoms. The Morgan fingerprint density at radius 3 is 2.70 bits per heavy atom. The second-order valence-corrected chi connectivity index (χ2v) is 7.78. The van der Waals surface area contributed by atoms with E-state index in [-0.39, 0.29) is 30.7 Å². The summed E-state index contributed by atoms with van der Waals surface area (Å²) in [4.78, 5) is 29.5. The van der Waals surface area contributed by atoms with Crippen molar-refractivity contribution in [2.24, 2.45) is 0 Å². The first-order valence-electron chi connectivity index (χ1n) is 9.77. The van der Waals surface area contributed by atoms with Gasteiger partial charge in [0.05, 0.1) is 17.7 Å². The van der Waals surface area contributed by atoms with Crippen molar-refractivity contribution in [3.8, 4) is 0 Å². The molecule has 2 aliphatic rings. The number of hydrogen-bond donors (Lipinski definition) is 0. The van der Waals surface area contributed by atoms with Crippen LogP contribution in [0.15, 0.2) is 33.5 Å². The fourth-order valence-electron chi connectivity index (χ4n) is 4.48. The van der Waals surface area contributed by atoms with Gasteiger partial charge in [-0.25, -0.2) is 4.79 Å². The summed E-state index contributed by atoms with van der Waals surface area (Å²) in [6.45, 7) is 7.63. The first-order chi connectivity index (χ1) is 13.0. The molecule has 3 heterocycles. The zero-order chi connectivity index (χ0) is 19.0. The van der Waals surface area contributed by atoms with Gasteiger partial charge in [-0.3, -0.25) is 14.3 Å². The average molecular weight is 373 g/mol. The summed E-state index contributed by atoms with van der Waals surface area (Å²) in [6.07, 6.45) is 2.45. The number of nitrogens with zero attached hydrogens (tertiary/aromatic N) is 3. The minimum atomic E-state index is -0.476. The van der Waals surface area contributed by atoms with Crippen molar-refractivity contribution in [1.82, 2.24) is 14.4 Å². The van der Waals surface area contributed by atoms with Crippen LogP contribution >= 0.6 is 0 Å². The molecule has 4 rings (SSSR count). The van der Waals surface area contributed by atoms with E-state index < -0.39 is 5.76 Å². The molecule has 7 nitrogen and oxygen atoms in total. The summed E-state index contributed by atoms with van der Waals surface area (Å²) in [5.74, 6) is -0.489. The molecule has 2 saturated heterocycles. The molecule has 0 spiro atoms. The molecule has 1 aromatic carbocycles. The monoisotopic (exact) mass is 373 g/mol. The van der Waals surface area contributed by atoms with E-state index in [0.29, 0.717) is 11.1 Å². The molecule has 27 heavy (non-hydrogen) atoms. The van der Waals surface area contributed by atoms with E-state index in [1.54, 1.807) is 6.07 Å². The topological polar surface area (TPSA) is 67.9 Å². The number of benzene rings is 1. The Bertz CT molecular complexity index is 863. The Kier molecular flexibility index (Phi) is 5.06. The number of rotatable bonds is 4. The van der Waals surface area contributed by atoms with Crippen LogP contribution < -0.4 is 5.76 Å². The fourth-order valence-corrected chi connectivity index (χ4v) is 4.48. The van der Waals surface area contributed by atoms with Crippen LogP contribution in [0.1, 0.15) is 26.7 Å². The van der Waals surface area contributed by atoms with E-state index in [1.165, 1.54) is 4.57 Å². The number of likely N-dealkylation sites (tertiary alicyclic amines) is 1. The van der Waals surface area contributed by atoms with Gasteiger partial charge in [0.2, 0.25) is 5.91 Å². The van der Waals surface area contributed by atoms with Crippen molar-refractivity contribution >= 4 is 17.0 Å². The summed E-state index contributed by atoms with van der Waals surface area (Å²) in [6, 6.07) is 7.42. The third-order valence-electron chi connectivity index (χ3n) is 5.53. The number of amides is 1. The lowest BCUT2D eigenvalue weighted by molar-refractivity contribution is -0.133. The third-order valence-corrected chi connectivity index (χ3v) is 5.53. The molecule has 2 fully saturated rings. The molecule has 1 aromatic heterocycles. The lowest BCUT2D eigenvalue weighted by atomic mass is 10.1. The summed E-state index contributed by atoms with van der Waals surface area (Å²) in [5, 5.41) is 0. The van der Waals surface area contributed by atoms with Crippen LogP contribution in [0.2, 0.25) is 0 Å². The molecule has 146 valence electrons. The van der Waals surface area contributed by atoms with Crippen LogP contribution in [0, 0.1) is 0 Å². The SMILES string of the molecule is CC1CN(CC2CCCN2C(=O)Cn2c(=O)oc3ccccc32)CC(C)O1. The van der Waals surface area contributed by atoms with Gasteiger partial charge in [0, 0.05) is 32.2 Å². The van der Waals surface area contributed by atoms with Gasteiger partial charge in [-0.1, -0.05) is 12.1 Å². The number of hydrogen-bond acceptors (Lipinski definition) is 5. The highest BCUT2D eigenvalue weighted by molar-refractivity contribution is 5.80. The van der Waals surface area contributed by atoms with E-state index in [4.69, 9.17) is 9.15 Å². The smallest absolute Gasteiger partial charge is 0.408 e. The Hall–Kier alpha value is -2.12. The largest absolute Gasteiger partial charge is 0.420 e. The maximum absolute atomic E-state index is 13.0. The van der Waals surface area contributed by atoms with Crippen LogP contribution in [-0.2, 0) is 16.1 Å². The Balaban J connectivity index is 1.46. The molecule has 0 N–H and O–H groups in total. The predicted octanol–water partition coefficient (Wildman–Crippen LogP) is 1.69. The van der Waals surface area contributed by atoms with Crippen LogP contribution in [-0.4, -0.2) is 64.7 Å². The molecule has 1 amide bonds. The number of oxazole rings is 1. The first kappa shape index (κ1) is 18.3. The zero-order valence-corrected chi connectivity index (χ0v) is 16.0. The van der Waals surface area contributed by atoms with E-state index in [9.17, 15) is 9.59 Å². The van der Waals surface area contributed by atoms with Crippen LogP contribution in [0.3, 0.4) is 0 Å². The highest BCUT2D eigenvalue weighted by Gasteiger charge is 2.32. The number of ether oxygens (including phenoxy) is 1. The number of carbonyl (C=O) groups is 1. The Labute approximate surface area is 158 Å². The van der Waals surface area contributed by atoms with Crippen molar-refractivity contribution in [1.29, 1.82) is 0 Å². The molecule has 7 heteroatoms. The highest BCUT2D eigenvalue weighted by Crippen LogP contribution is 2.21. The molecule has 3 unspecified atom stereocenters. The van der Waals surface area contributed by atoms with Crippen molar-refractivity contribution in [2.75, 3.05) is 26.2 Å². The maximum atomic E-state index is 13.0. The summed E-state index contributed by atoms with van der Waals surface area (Å²) >= 11 is 0. The molecule has 2 aliphatic heterocycles. The van der Waals surface area contributed by atoms with Crippen molar-refractivity contribution in [3.63, 3.8) is 0 Å². The Morgan fingerprint density at radius 2 is 1.93 bits per heavy atom. The highest BCUT2D eigenvalue weighted by atomic mass is 16.5. The van der Waals surface area contributed by atoms with E-state index in [1.807, 2.05) is 23.1 Å². The summed E-state index contributed by atoms with van der Waals surface area (Å²) in [7, 11) is 0. The lowest BCUT2D eigenvalue weighted by Gasteiger charge is -2.38. The second-order valence-electron chi connectivity index (χ2n) is 7.78. The zero-order valence-electron chi connectivity index (χ0n) is 16.0. The number of morpholine rings is 1. The van der Waals surface area contributed by atoms with E-state index in [2.05, 4.69) is 18.7 Å². The van der Waals surface area contributed by atoms with Gasteiger partial charge < -0.3 is 14.1 Å². The average Bonchev–Trinajstić information content (AvgIpc) is 3.19. The number of aromatic nitrogens is 1. The number of carbonyl (C=O) groups excluding carboxylic acids is 1. The summed E-state index contributed by atoms with van der Waals surface area (Å²) in [5.41, 5.74) is 1.19. The lowest BCUT2D eigenvalue weighted by Crippen LogP contribution is -2.51. The number of para-hydroxylation sites is 2. The summed E-state index contributed by atoms with van der Waals surface area (Å²) < 4.78 is 12.5. The van der Waals surface area contributed by atoms with Gasteiger partial charge in [-0.05, 0) is 38.8 Å². The van der Waals surface area contributed by atoms with Gasteiger partial charge in [-0.2, -0.15) is 0 Å². The third kappa shape index (κ3) is 3.80. The quantitative estimate of drug-likeness (QED) is 0.816. The van der Waals surface area contributed by atoms with Gasteiger partial charge in [0.25, 0.3) is 0 Å². The minimum Gasteiger partial charge on any atom is -0.408 e. The van der Waals surface area contributed by atoms with Crippen LogP contribution in [0.4, 0.5) is 0 Å². The Morgan fingerprint density at radius 1 is 1.19 bits per heavy atom. The van der Waals surface area contributed by atoms with Gasteiger partial charge in [0.1, 0.15) is 6.54 Å². The van der Waals surface area contributed by atoms with Crippen LogP contribution in [0.25, 0.3) is 11.1 Å². The van der Waals surface area contributed by atoms with Crippen molar-refractivity contribution in [2.45, 2.75) is 51.5 Å². The van der Waals surface area contributed by atoms with Gasteiger partial charge in [-0.15, -0.1) is 0 Å². The fraction of sp³-hybridized carbons (Fsp3) is 0.600. The van der Waals surface area contributed by atoms with Gasteiger partial charge in [0.15, 0.2) is 5.58 Å². The predicted molar refractivity (Wildman–Crippen MR) is 102 cm³/mol. The van der Waals surface area contributed by atoms with Crippen molar-refractivity contribution < 1.29 is 13.9 Å². The molecule has 2 aromatic rings. The van der Waals surface area contributed by atoms with Crippen LogP contribution in [0.5, 0.6) is 0 Å². The standard InChI is InChI=1S/C20H27N3O4/c1-14-10-21(11-15(2)26-14)12-16-6-5-9-22(16)19(24)13-23-17-7-3-4-8-18(17)27-20(23)25/h3-4,7-8,14-16H,5-6,9-13H2,1-2H3. The second kappa shape index (κ2) is 7.48. The van der Waals surface area contributed by atoms with E-state index in [0.717, 1.165) is 39.0 Å². The molecule has 3 atom stereocenters. The van der Waals surface area contributed by atoms with Crippen molar-refractivity contribution in [3.05, 3.63) is 34.8 Å². The van der Waals surface area contributed by atoms with Gasteiger partial charge >= 0.3 is 5.76 Å². The number of fused-ring (bicyclic) bond motifs is 1. The molecule has 0 aliphatic carbocycles. The molecule has 0 saturated carbocycles. The molecular formula is C20H27N3O4.